The maximum absolute atomic E-state index is 13.1. The first-order valence-electron chi connectivity index (χ1n) is 10.0. The number of amides is 3. The van der Waals surface area contributed by atoms with Crippen LogP contribution in [0.3, 0.4) is 0 Å². The van der Waals surface area contributed by atoms with Crippen LogP contribution in [0.15, 0.2) is 71.4 Å². The van der Waals surface area contributed by atoms with Crippen LogP contribution >= 0.6 is 23.1 Å². The van der Waals surface area contributed by atoms with Gasteiger partial charge in [-0.25, -0.2) is 0 Å². The number of rotatable bonds is 9. The lowest BCUT2D eigenvalue weighted by molar-refractivity contribution is -0.124. The standard InChI is InChI=1S/C24H22N2O3S2/c27-22(25-11-13-31-16-18-10-12-30-15-18)21(14-17-6-2-1-3-7-17)26-23(28)19-8-4-5-9-20(19)24(26)29/h1-10,12,15,21H,11,13-14,16H2,(H,25,27)/t21-/m0/s1. The van der Waals surface area contributed by atoms with Crippen LogP contribution < -0.4 is 5.32 Å². The Morgan fingerprint density at radius 3 is 2.26 bits per heavy atom. The zero-order valence-electron chi connectivity index (χ0n) is 16.8. The van der Waals surface area contributed by atoms with Crippen LogP contribution in [0.2, 0.25) is 0 Å². The molecule has 3 aromatic rings. The minimum atomic E-state index is -0.892. The highest BCUT2D eigenvalue weighted by atomic mass is 32.2. The molecule has 0 aliphatic carbocycles. The van der Waals surface area contributed by atoms with Crippen LogP contribution in [0.1, 0.15) is 31.8 Å². The zero-order valence-corrected chi connectivity index (χ0v) is 18.5. The number of thioether (sulfide) groups is 1. The Balaban J connectivity index is 1.45. The average molecular weight is 451 g/mol. The van der Waals surface area contributed by atoms with Gasteiger partial charge in [0.15, 0.2) is 0 Å². The summed E-state index contributed by atoms with van der Waals surface area (Å²) < 4.78 is 0. The minimum absolute atomic E-state index is 0.278. The summed E-state index contributed by atoms with van der Waals surface area (Å²) in [5.74, 6) is 0.508. The molecule has 1 aliphatic rings. The third-order valence-corrected chi connectivity index (χ3v) is 6.87. The van der Waals surface area contributed by atoms with Gasteiger partial charge in [0.05, 0.1) is 11.1 Å². The molecule has 31 heavy (non-hydrogen) atoms. The van der Waals surface area contributed by atoms with E-state index < -0.39 is 17.9 Å². The molecule has 4 rings (SSSR count). The molecule has 0 saturated heterocycles. The summed E-state index contributed by atoms with van der Waals surface area (Å²) in [6, 6.07) is 17.4. The number of nitrogens with one attached hydrogen (secondary N) is 1. The van der Waals surface area contributed by atoms with Crippen molar-refractivity contribution in [1.29, 1.82) is 0 Å². The Morgan fingerprint density at radius 2 is 1.61 bits per heavy atom. The van der Waals surface area contributed by atoms with Gasteiger partial charge in [-0.15, -0.1) is 0 Å². The van der Waals surface area contributed by atoms with Crippen molar-refractivity contribution in [3.63, 3.8) is 0 Å². The monoisotopic (exact) mass is 450 g/mol. The van der Waals surface area contributed by atoms with E-state index in [2.05, 4.69) is 16.8 Å². The van der Waals surface area contributed by atoms with Crippen LogP contribution in [-0.2, 0) is 17.0 Å². The Labute approximate surface area is 189 Å². The SMILES string of the molecule is O=C(NCCSCc1ccsc1)[C@H](Cc1ccccc1)N1C(=O)c2ccccc2C1=O. The maximum Gasteiger partial charge on any atom is 0.262 e. The summed E-state index contributed by atoms with van der Waals surface area (Å²) in [5.41, 5.74) is 2.87. The first-order valence-corrected chi connectivity index (χ1v) is 12.1. The van der Waals surface area contributed by atoms with Crippen molar-refractivity contribution < 1.29 is 14.4 Å². The fourth-order valence-electron chi connectivity index (χ4n) is 3.56. The Hall–Kier alpha value is -2.90. The lowest BCUT2D eigenvalue weighted by Crippen LogP contribution is -2.51. The molecule has 158 valence electrons. The fraction of sp³-hybridized carbons (Fsp3) is 0.208. The molecule has 0 saturated carbocycles. The zero-order chi connectivity index (χ0) is 21.6. The summed E-state index contributed by atoms with van der Waals surface area (Å²) in [6.07, 6.45) is 0.278. The molecule has 0 spiro atoms. The predicted molar refractivity (Wildman–Crippen MR) is 124 cm³/mol. The lowest BCUT2D eigenvalue weighted by atomic mass is 10.0. The van der Waals surface area contributed by atoms with Crippen LogP contribution in [-0.4, -0.2) is 41.0 Å². The van der Waals surface area contributed by atoms with Crippen molar-refractivity contribution in [3.05, 3.63) is 93.7 Å². The van der Waals surface area contributed by atoms with Gasteiger partial charge in [-0.05, 0) is 40.1 Å². The molecule has 1 atom stereocenters. The predicted octanol–water partition coefficient (Wildman–Crippen LogP) is 4.01. The number of benzene rings is 2. The summed E-state index contributed by atoms with van der Waals surface area (Å²) in [7, 11) is 0. The molecule has 1 aliphatic heterocycles. The largest absolute Gasteiger partial charge is 0.353 e. The third kappa shape index (κ3) is 4.89. The van der Waals surface area contributed by atoms with Gasteiger partial charge in [-0.2, -0.15) is 23.1 Å². The Bertz CT molecular complexity index is 1030. The molecule has 5 nitrogen and oxygen atoms in total. The molecule has 2 heterocycles. The van der Waals surface area contributed by atoms with Gasteiger partial charge in [0.2, 0.25) is 5.91 Å². The van der Waals surface area contributed by atoms with Gasteiger partial charge in [-0.1, -0.05) is 42.5 Å². The fourth-order valence-corrected chi connectivity index (χ4v) is 5.14. The highest BCUT2D eigenvalue weighted by Crippen LogP contribution is 2.26. The number of hydrogen-bond acceptors (Lipinski definition) is 5. The van der Waals surface area contributed by atoms with E-state index >= 15 is 0 Å². The molecule has 0 fully saturated rings. The second-order valence-electron chi connectivity index (χ2n) is 7.21. The molecule has 0 radical (unpaired) electrons. The van der Waals surface area contributed by atoms with Gasteiger partial charge >= 0.3 is 0 Å². The van der Waals surface area contributed by atoms with Gasteiger partial charge in [0.25, 0.3) is 11.8 Å². The van der Waals surface area contributed by atoms with Crippen molar-refractivity contribution in [2.24, 2.45) is 0 Å². The van der Waals surface area contributed by atoms with E-state index in [1.165, 1.54) is 5.56 Å². The Kier molecular flexibility index (Phi) is 6.84. The topological polar surface area (TPSA) is 66.5 Å². The quantitative estimate of drug-likeness (QED) is 0.395. The summed E-state index contributed by atoms with van der Waals surface area (Å²) in [5, 5.41) is 7.09. The number of imide groups is 1. The second kappa shape index (κ2) is 9.94. The molecule has 2 aromatic carbocycles. The number of hydrogen-bond donors (Lipinski definition) is 1. The molecule has 1 aromatic heterocycles. The summed E-state index contributed by atoms with van der Waals surface area (Å²) in [4.78, 5) is 40.2. The van der Waals surface area contributed by atoms with E-state index in [0.717, 1.165) is 22.0 Å². The number of thiophene rings is 1. The molecule has 0 unspecified atom stereocenters. The lowest BCUT2D eigenvalue weighted by Gasteiger charge is -2.25. The number of carbonyl (C=O) groups excluding carboxylic acids is 3. The number of fused-ring (bicyclic) bond motifs is 1. The Morgan fingerprint density at radius 1 is 0.935 bits per heavy atom. The van der Waals surface area contributed by atoms with Crippen LogP contribution in [0, 0.1) is 0 Å². The number of nitrogens with zero attached hydrogens (tertiary/aromatic N) is 1. The maximum atomic E-state index is 13.1. The molecule has 1 N–H and O–H groups in total. The molecule has 7 heteroatoms. The van der Waals surface area contributed by atoms with Crippen LogP contribution in [0.5, 0.6) is 0 Å². The van der Waals surface area contributed by atoms with Crippen molar-refractivity contribution in [3.8, 4) is 0 Å². The highest BCUT2D eigenvalue weighted by Gasteiger charge is 2.42. The van der Waals surface area contributed by atoms with E-state index in [0.29, 0.717) is 17.7 Å². The minimum Gasteiger partial charge on any atom is -0.353 e. The first-order chi connectivity index (χ1) is 15.1. The smallest absolute Gasteiger partial charge is 0.262 e. The highest BCUT2D eigenvalue weighted by molar-refractivity contribution is 7.98. The van der Waals surface area contributed by atoms with E-state index in [9.17, 15) is 14.4 Å². The molecular formula is C24H22N2O3S2. The van der Waals surface area contributed by atoms with Crippen molar-refractivity contribution >= 4 is 40.8 Å². The van der Waals surface area contributed by atoms with Crippen molar-refractivity contribution in [2.75, 3.05) is 12.3 Å². The van der Waals surface area contributed by atoms with Crippen LogP contribution in [0.4, 0.5) is 0 Å². The van der Waals surface area contributed by atoms with Crippen molar-refractivity contribution in [1.82, 2.24) is 10.2 Å². The average Bonchev–Trinajstić information content (AvgIpc) is 3.40. The van der Waals surface area contributed by atoms with E-state index in [4.69, 9.17) is 0 Å². The molecule has 3 amide bonds. The normalized spacial score (nSPS) is 13.9. The molecule has 0 bridgehead atoms. The summed E-state index contributed by atoms with van der Waals surface area (Å²) >= 11 is 3.41. The first kappa shape index (κ1) is 21.3. The van der Waals surface area contributed by atoms with Gasteiger partial charge in [0, 0.05) is 24.5 Å². The van der Waals surface area contributed by atoms with E-state index in [1.54, 1.807) is 47.4 Å². The van der Waals surface area contributed by atoms with E-state index in [1.807, 2.05) is 35.7 Å². The van der Waals surface area contributed by atoms with Gasteiger partial charge in [-0.3, -0.25) is 19.3 Å². The number of carbonyl (C=O) groups is 3. The van der Waals surface area contributed by atoms with Gasteiger partial charge < -0.3 is 5.32 Å². The summed E-state index contributed by atoms with van der Waals surface area (Å²) in [6.45, 7) is 0.474. The van der Waals surface area contributed by atoms with E-state index in [-0.39, 0.29) is 12.3 Å². The second-order valence-corrected chi connectivity index (χ2v) is 9.09. The third-order valence-electron chi connectivity index (χ3n) is 5.11. The van der Waals surface area contributed by atoms with Crippen molar-refractivity contribution in [2.45, 2.75) is 18.2 Å². The molecular weight excluding hydrogens is 428 g/mol. The van der Waals surface area contributed by atoms with Gasteiger partial charge in [0.1, 0.15) is 6.04 Å². The van der Waals surface area contributed by atoms with Crippen LogP contribution in [0.25, 0.3) is 0 Å².